The average Bonchev–Trinajstić information content (AvgIpc) is 3.35. The molecule has 5 rings (SSSR count). The van der Waals surface area contributed by atoms with Crippen molar-refractivity contribution >= 4 is 34.4 Å². The summed E-state index contributed by atoms with van der Waals surface area (Å²) in [5, 5.41) is 12.0. The first-order valence-corrected chi connectivity index (χ1v) is 14.2. The van der Waals surface area contributed by atoms with Crippen LogP contribution in [0.1, 0.15) is 47.1 Å². The van der Waals surface area contributed by atoms with Gasteiger partial charge in [-0.1, -0.05) is 67.9 Å². The third-order valence-electron chi connectivity index (χ3n) is 7.49. The number of nitrogens with zero attached hydrogens (tertiary/aromatic N) is 3. The van der Waals surface area contributed by atoms with Crippen molar-refractivity contribution in [3.63, 3.8) is 0 Å². The molecule has 4 aromatic carbocycles. The lowest BCUT2D eigenvalue weighted by Crippen LogP contribution is -2.32. The summed E-state index contributed by atoms with van der Waals surface area (Å²) in [7, 11) is 1.50. The average molecular weight is 601 g/mol. The van der Waals surface area contributed by atoms with E-state index in [-0.39, 0.29) is 11.3 Å². The first kappa shape index (κ1) is 30.3. The lowest BCUT2D eigenvalue weighted by atomic mass is 9.99. The monoisotopic (exact) mass is 600 g/mol. The van der Waals surface area contributed by atoms with Crippen molar-refractivity contribution in [1.29, 1.82) is 0 Å². The van der Waals surface area contributed by atoms with Crippen LogP contribution in [-0.4, -0.2) is 33.7 Å². The second-order valence-corrected chi connectivity index (χ2v) is 10.5. The van der Waals surface area contributed by atoms with Gasteiger partial charge < -0.3 is 15.0 Å². The molecule has 0 unspecified atom stereocenters. The van der Waals surface area contributed by atoms with Gasteiger partial charge in [-0.2, -0.15) is 13.2 Å². The molecule has 0 aliphatic rings. The van der Waals surface area contributed by atoms with Gasteiger partial charge in [-0.15, -0.1) is 0 Å². The molecule has 0 aliphatic carbocycles. The van der Waals surface area contributed by atoms with Crippen LogP contribution in [-0.2, 0) is 19.1 Å². The number of alkyl halides is 3. The number of carboxylic acid groups (broad SMARTS) is 1. The first-order valence-electron chi connectivity index (χ1n) is 14.2. The van der Waals surface area contributed by atoms with Gasteiger partial charge in [0.05, 0.1) is 27.8 Å². The molecule has 10 heteroatoms. The number of rotatable bonds is 9. The second kappa shape index (κ2) is 12.6. The molecular formula is C34H31F3N4O3. The van der Waals surface area contributed by atoms with Gasteiger partial charge in [-0.3, -0.25) is 4.90 Å². The number of fused-ring (bicyclic) bond motifs is 1. The second-order valence-electron chi connectivity index (χ2n) is 10.5. The number of amides is 2. The van der Waals surface area contributed by atoms with Gasteiger partial charge in [-0.25, -0.2) is 14.6 Å². The minimum absolute atomic E-state index is 0.227. The number of nitrogens with one attached hydrogen (secondary N) is 1. The van der Waals surface area contributed by atoms with E-state index in [9.17, 15) is 27.9 Å². The minimum Gasteiger partial charge on any atom is -0.478 e. The van der Waals surface area contributed by atoms with Crippen molar-refractivity contribution in [2.45, 2.75) is 38.9 Å². The molecule has 0 saturated heterocycles. The van der Waals surface area contributed by atoms with Gasteiger partial charge in [0.1, 0.15) is 5.82 Å². The molecule has 0 bridgehead atoms. The highest BCUT2D eigenvalue weighted by atomic mass is 19.4. The molecule has 1 aromatic heterocycles. The number of hydrogen-bond acceptors (Lipinski definition) is 3. The van der Waals surface area contributed by atoms with E-state index in [0.717, 1.165) is 53.3 Å². The standard InChI is InChI=1S/C34H31F3N4O3/c1-3-4-13-31-38-29-19-18-24(40(2)33(44)39-28-12-8-7-11-27(28)34(35,36)37)20-30(29)41(31)21-22-14-16-23(17-15-22)25-9-5-6-10-26(25)32(42)43/h5-12,14-20H,3-4,13,21H2,1-2H3,(H,39,44)(H,42,43). The Morgan fingerprint density at radius 2 is 1.66 bits per heavy atom. The molecule has 5 aromatic rings. The maximum absolute atomic E-state index is 13.5. The molecule has 0 fully saturated rings. The number of aromatic nitrogens is 2. The van der Waals surface area contributed by atoms with Crippen LogP contribution in [0.4, 0.5) is 29.3 Å². The van der Waals surface area contributed by atoms with E-state index in [2.05, 4.69) is 16.8 Å². The van der Waals surface area contributed by atoms with Crippen LogP contribution in [0.15, 0.2) is 91.0 Å². The molecule has 2 N–H and O–H groups in total. The van der Waals surface area contributed by atoms with Crippen molar-refractivity contribution in [1.82, 2.24) is 9.55 Å². The number of urea groups is 1. The summed E-state index contributed by atoms with van der Waals surface area (Å²) in [4.78, 5) is 30.9. The maximum atomic E-state index is 13.5. The summed E-state index contributed by atoms with van der Waals surface area (Å²) in [6.07, 6.45) is -1.95. The van der Waals surface area contributed by atoms with E-state index < -0.39 is 23.7 Å². The van der Waals surface area contributed by atoms with Crippen molar-refractivity contribution in [3.05, 3.63) is 114 Å². The van der Waals surface area contributed by atoms with E-state index in [1.54, 1.807) is 36.4 Å². The molecular weight excluding hydrogens is 569 g/mol. The molecule has 0 spiro atoms. The Bertz CT molecular complexity index is 1810. The zero-order valence-corrected chi connectivity index (χ0v) is 24.2. The number of imidazole rings is 1. The Morgan fingerprint density at radius 3 is 2.36 bits per heavy atom. The number of benzene rings is 4. The molecule has 226 valence electrons. The lowest BCUT2D eigenvalue weighted by molar-refractivity contribution is -0.136. The summed E-state index contributed by atoms with van der Waals surface area (Å²) < 4.78 is 42.5. The highest BCUT2D eigenvalue weighted by molar-refractivity contribution is 6.02. The van der Waals surface area contributed by atoms with Crippen LogP contribution < -0.4 is 10.2 Å². The van der Waals surface area contributed by atoms with E-state index in [4.69, 9.17) is 4.98 Å². The third kappa shape index (κ3) is 6.44. The normalized spacial score (nSPS) is 11.5. The van der Waals surface area contributed by atoms with Gasteiger partial charge in [0.15, 0.2) is 0 Å². The van der Waals surface area contributed by atoms with Crippen LogP contribution in [0, 0.1) is 0 Å². The van der Waals surface area contributed by atoms with E-state index in [1.165, 1.54) is 30.1 Å². The van der Waals surface area contributed by atoms with Gasteiger partial charge in [-0.05, 0) is 59.5 Å². The molecule has 0 aliphatic heterocycles. The van der Waals surface area contributed by atoms with E-state index >= 15 is 0 Å². The molecule has 7 nitrogen and oxygen atoms in total. The van der Waals surface area contributed by atoms with Crippen molar-refractivity contribution < 1.29 is 27.9 Å². The fourth-order valence-electron chi connectivity index (χ4n) is 5.12. The quantitative estimate of drug-likeness (QED) is 0.178. The van der Waals surface area contributed by atoms with Gasteiger partial charge >= 0.3 is 18.2 Å². The number of hydrogen-bond donors (Lipinski definition) is 2. The summed E-state index contributed by atoms with van der Waals surface area (Å²) >= 11 is 0. The molecule has 2 amide bonds. The van der Waals surface area contributed by atoms with Crippen molar-refractivity contribution in [2.75, 3.05) is 17.3 Å². The van der Waals surface area contributed by atoms with Gasteiger partial charge in [0.2, 0.25) is 0 Å². The topological polar surface area (TPSA) is 87.5 Å². The first-order chi connectivity index (χ1) is 21.1. The number of anilines is 2. The number of carboxylic acids is 1. The van der Waals surface area contributed by atoms with E-state index in [1.807, 2.05) is 30.3 Å². The Hall–Kier alpha value is -5.12. The number of para-hydroxylation sites is 1. The summed E-state index contributed by atoms with van der Waals surface area (Å²) in [6, 6.07) is 24.0. The number of unbranched alkanes of at least 4 members (excludes halogenated alkanes) is 1. The van der Waals surface area contributed by atoms with E-state index in [0.29, 0.717) is 17.8 Å². The van der Waals surface area contributed by atoms with Crippen molar-refractivity contribution in [3.8, 4) is 11.1 Å². The molecule has 44 heavy (non-hydrogen) atoms. The van der Waals surface area contributed by atoms with Crippen molar-refractivity contribution in [2.24, 2.45) is 0 Å². The highest BCUT2D eigenvalue weighted by Gasteiger charge is 2.34. The Morgan fingerprint density at radius 1 is 0.955 bits per heavy atom. The number of aromatic carboxylic acids is 1. The Labute approximate surface area is 252 Å². The summed E-state index contributed by atoms with van der Waals surface area (Å²) in [5.74, 6) is -0.111. The van der Waals surface area contributed by atoms with Gasteiger partial charge in [0, 0.05) is 25.7 Å². The predicted molar refractivity (Wildman–Crippen MR) is 165 cm³/mol. The molecule has 1 heterocycles. The maximum Gasteiger partial charge on any atom is 0.418 e. The summed E-state index contributed by atoms with van der Waals surface area (Å²) in [6.45, 7) is 2.58. The third-order valence-corrected chi connectivity index (χ3v) is 7.49. The largest absolute Gasteiger partial charge is 0.478 e. The smallest absolute Gasteiger partial charge is 0.418 e. The van der Waals surface area contributed by atoms with Crippen LogP contribution in [0.2, 0.25) is 0 Å². The molecule has 0 saturated carbocycles. The Balaban J connectivity index is 1.45. The SMILES string of the molecule is CCCCc1nc2ccc(N(C)C(=O)Nc3ccccc3C(F)(F)F)cc2n1Cc1ccc(-c2ccccc2C(=O)O)cc1. The lowest BCUT2D eigenvalue weighted by Gasteiger charge is -2.20. The predicted octanol–water partition coefficient (Wildman–Crippen LogP) is 8.48. The fraction of sp³-hybridized carbons (Fsp3) is 0.206. The number of aryl methyl sites for hydroxylation is 1. The van der Waals surface area contributed by atoms with Crippen LogP contribution in [0.3, 0.4) is 0 Å². The molecule has 0 radical (unpaired) electrons. The zero-order valence-electron chi connectivity index (χ0n) is 24.2. The number of halogens is 3. The van der Waals surface area contributed by atoms with Crippen LogP contribution >= 0.6 is 0 Å². The van der Waals surface area contributed by atoms with Crippen LogP contribution in [0.25, 0.3) is 22.2 Å². The highest BCUT2D eigenvalue weighted by Crippen LogP contribution is 2.35. The molecule has 0 atom stereocenters. The minimum atomic E-state index is -4.61. The van der Waals surface area contributed by atoms with Crippen LogP contribution in [0.5, 0.6) is 0 Å². The number of carbonyl (C=O) groups excluding carboxylic acids is 1. The summed E-state index contributed by atoms with van der Waals surface area (Å²) in [5.41, 5.74) is 3.38. The zero-order chi connectivity index (χ0) is 31.4. The van der Waals surface area contributed by atoms with Gasteiger partial charge in [0.25, 0.3) is 0 Å². The fourth-order valence-corrected chi connectivity index (χ4v) is 5.12. The Kier molecular flexibility index (Phi) is 8.71. The number of carbonyl (C=O) groups is 2.